The average Bonchev–Trinajstić information content (AvgIpc) is 3.32. The molecule has 3 aromatic carbocycles. The summed E-state index contributed by atoms with van der Waals surface area (Å²) < 4.78 is 52.5. The summed E-state index contributed by atoms with van der Waals surface area (Å²) in [5.41, 5.74) is 2.43. The van der Waals surface area contributed by atoms with Crippen LogP contribution in [0, 0.1) is 0 Å². The Morgan fingerprint density at radius 1 is 1.00 bits per heavy atom. The molecular formula is C25H25Cl2N5O4S2. The van der Waals surface area contributed by atoms with Gasteiger partial charge in [-0.1, -0.05) is 65.7 Å². The Bertz CT molecular complexity index is 1560. The molecule has 0 saturated heterocycles. The molecule has 13 heteroatoms. The second-order valence-electron chi connectivity index (χ2n) is 8.66. The lowest BCUT2D eigenvalue weighted by atomic mass is 9.91. The van der Waals surface area contributed by atoms with Gasteiger partial charge in [0.05, 0.1) is 28.9 Å². The molecule has 0 aromatic heterocycles. The number of primary sulfonamides is 1. The molecule has 0 spiro atoms. The first-order chi connectivity index (χ1) is 17.9. The van der Waals surface area contributed by atoms with Crippen LogP contribution in [-0.4, -0.2) is 51.9 Å². The highest BCUT2D eigenvalue weighted by Gasteiger charge is 2.33. The number of hydrazone groups is 1. The molecule has 0 radical (unpaired) electrons. The maximum absolute atomic E-state index is 13.2. The number of rotatable bonds is 7. The Balaban J connectivity index is 1.76. The van der Waals surface area contributed by atoms with Crippen LogP contribution < -0.4 is 9.86 Å². The molecule has 3 aromatic rings. The van der Waals surface area contributed by atoms with Gasteiger partial charge in [0.1, 0.15) is 0 Å². The second kappa shape index (κ2) is 11.4. The van der Waals surface area contributed by atoms with E-state index in [1.165, 1.54) is 36.2 Å². The van der Waals surface area contributed by atoms with Crippen molar-refractivity contribution in [1.82, 2.24) is 9.73 Å². The summed E-state index contributed by atoms with van der Waals surface area (Å²) in [6.07, 6.45) is 0. The van der Waals surface area contributed by atoms with Crippen molar-refractivity contribution in [1.29, 1.82) is 0 Å². The molecule has 1 heterocycles. The Morgan fingerprint density at radius 3 is 2.16 bits per heavy atom. The number of sulfonamides is 2. The van der Waals surface area contributed by atoms with Crippen LogP contribution in [0.3, 0.4) is 0 Å². The van der Waals surface area contributed by atoms with E-state index in [-0.39, 0.29) is 29.9 Å². The Hall–Kier alpha value is -2.96. The fourth-order valence-corrected chi connectivity index (χ4v) is 5.30. The minimum atomic E-state index is -4.12. The lowest BCUT2D eigenvalue weighted by molar-refractivity contribution is 0.460. The topological polar surface area (TPSA) is 134 Å². The van der Waals surface area contributed by atoms with Gasteiger partial charge in [-0.05, 0) is 54.4 Å². The smallest absolute Gasteiger partial charge is 0.249 e. The summed E-state index contributed by atoms with van der Waals surface area (Å²) in [7, 11) is -8.02. The Labute approximate surface area is 232 Å². The molecule has 4 rings (SSSR count). The van der Waals surface area contributed by atoms with Crippen molar-refractivity contribution in [3.63, 3.8) is 0 Å². The predicted octanol–water partition coefficient (Wildman–Crippen LogP) is 3.81. The lowest BCUT2D eigenvalue weighted by Crippen LogP contribution is -2.42. The van der Waals surface area contributed by atoms with Crippen LogP contribution in [0.2, 0.25) is 10.0 Å². The van der Waals surface area contributed by atoms with Crippen molar-refractivity contribution >= 4 is 54.9 Å². The van der Waals surface area contributed by atoms with Crippen LogP contribution in [0.15, 0.2) is 93.9 Å². The summed E-state index contributed by atoms with van der Waals surface area (Å²) in [6.45, 7) is 1.35. The molecule has 2 atom stereocenters. The molecule has 0 amide bonds. The van der Waals surface area contributed by atoms with Crippen LogP contribution in [0.4, 0.5) is 0 Å². The van der Waals surface area contributed by atoms with Gasteiger partial charge in [-0.2, -0.15) is 5.10 Å². The zero-order valence-corrected chi connectivity index (χ0v) is 23.3. The summed E-state index contributed by atoms with van der Waals surface area (Å²) in [6, 6.07) is 22.4. The number of nitrogens with one attached hydrogen (secondary N) is 1. The number of nitrogens with zero attached hydrogens (tertiary/aromatic N) is 3. The summed E-state index contributed by atoms with van der Waals surface area (Å²) in [4.78, 5) is 4.26. The van der Waals surface area contributed by atoms with Crippen molar-refractivity contribution in [2.45, 2.75) is 23.0 Å². The van der Waals surface area contributed by atoms with E-state index < -0.39 is 25.3 Å². The fourth-order valence-electron chi connectivity index (χ4n) is 3.74. The minimum Gasteiger partial charge on any atom is -0.249 e. The van der Waals surface area contributed by atoms with Crippen molar-refractivity contribution in [3.05, 3.63) is 100 Å². The van der Waals surface area contributed by atoms with Crippen molar-refractivity contribution in [3.8, 4) is 0 Å². The van der Waals surface area contributed by atoms with E-state index in [0.717, 1.165) is 11.1 Å². The molecule has 1 unspecified atom stereocenters. The zero-order chi connectivity index (χ0) is 27.5. The number of aliphatic imine (C=N–C) groups is 1. The highest BCUT2D eigenvalue weighted by molar-refractivity contribution is 7.90. The van der Waals surface area contributed by atoms with Crippen LogP contribution in [0.5, 0.6) is 0 Å². The molecule has 200 valence electrons. The van der Waals surface area contributed by atoms with Crippen LogP contribution in [0.25, 0.3) is 0 Å². The normalized spacial score (nSPS) is 17.3. The van der Waals surface area contributed by atoms with Gasteiger partial charge in [0.2, 0.25) is 16.0 Å². The minimum absolute atomic E-state index is 0.0465. The van der Waals surface area contributed by atoms with E-state index in [9.17, 15) is 16.8 Å². The number of guanidine groups is 1. The molecule has 0 fully saturated rings. The summed E-state index contributed by atoms with van der Waals surface area (Å²) >= 11 is 12.0. The Morgan fingerprint density at radius 2 is 1.58 bits per heavy atom. The fraction of sp³-hybridized carbons (Fsp3) is 0.200. The van der Waals surface area contributed by atoms with E-state index in [1.807, 2.05) is 42.5 Å². The van der Waals surface area contributed by atoms with Crippen LogP contribution >= 0.6 is 23.2 Å². The molecule has 3 N–H and O–H groups in total. The van der Waals surface area contributed by atoms with E-state index in [2.05, 4.69) is 9.71 Å². The quantitative estimate of drug-likeness (QED) is 0.317. The molecule has 1 aliphatic heterocycles. The van der Waals surface area contributed by atoms with E-state index >= 15 is 0 Å². The number of benzene rings is 3. The van der Waals surface area contributed by atoms with Crippen molar-refractivity contribution < 1.29 is 16.8 Å². The molecule has 0 aliphatic carbocycles. The van der Waals surface area contributed by atoms with Gasteiger partial charge in [0.15, 0.2) is 0 Å². The van der Waals surface area contributed by atoms with Gasteiger partial charge >= 0.3 is 0 Å². The van der Waals surface area contributed by atoms with E-state index in [0.29, 0.717) is 15.8 Å². The number of hydrogen-bond acceptors (Lipinski definition) is 6. The van der Waals surface area contributed by atoms with Crippen molar-refractivity contribution in [2.24, 2.45) is 15.2 Å². The molecule has 1 aliphatic rings. The maximum Gasteiger partial charge on any atom is 0.264 e. The maximum atomic E-state index is 13.2. The first kappa shape index (κ1) is 28.1. The molecule has 38 heavy (non-hydrogen) atoms. The van der Waals surface area contributed by atoms with E-state index in [1.54, 1.807) is 12.1 Å². The lowest BCUT2D eigenvalue weighted by Gasteiger charge is -2.20. The molecular weight excluding hydrogens is 569 g/mol. The number of nitrogens with two attached hydrogens (primary N) is 1. The SMILES string of the molecule is CC(CN=C(NS(=O)(=O)c1ccc(Cl)cc1)N1C[C@@H](c2ccccc2)C(c2ccc(Cl)cc2)=N1)S(N)(=O)=O. The van der Waals surface area contributed by atoms with Crippen LogP contribution in [-0.2, 0) is 20.0 Å². The summed E-state index contributed by atoms with van der Waals surface area (Å²) in [5.74, 6) is -0.376. The first-order valence-corrected chi connectivity index (χ1v) is 15.3. The number of halogens is 2. The van der Waals surface area contributed by atoms with Crippen LogP contribution in [0.1, 0.15) is 24.0 Å². The zero-order valence-electron chi connectivity index (χ0n) is 20.2. The number of hydrogen-bond donors (Lipinski definition) is 2. The van der Waals surface area contributed by atoms with Gasteiger partial charge in [-0.3, -0.25) is 0 Å². The van der Waals surface area contributed by atoms with Crippen molar-refractivity contribution in [2.75, 3.05) is 13.1 Å². The third kappa shape index (κ3) is 6.72. The molecule has 0 bridgehead atoms. The predicted molar refractivity (Wildman–Crippen MR) is 151 cm³/mol. The van der Waals surface area contributed by atoms with Gasteiger partial charge < -0.3 is 0 Å². The average molecular weight is 595 g/mol. The highest BCUT2D eigenvalue weighted by atomic mass is 35.5. The Kier molecular flexibility index (Phi) is 8.43. The summed E-state index contributed by atoms with van der Waals surface area (Å²) in [5, 5.41) is 11.3. The standard InChI is InChI=1S/C25H25Cl2N5O4S2/c1-17(37(28,33)34)15-29-25(31-38(35,36)22-13-11-21(27)12-14-22)32-16-23(18-5-3-2-4-6-18)24(30-32)19-7-9-20(26)10-8-19/h2-14,17,23H,15-16H2,1H3,(H,29,31)(H2,28,33,34)/t17?,23-/m0/s1. The van der Waals surface area contributed by atoms with Gasteiger partial charge in [0.25, 0.3) is 10.0 Å². The van der Waals surface area contributed by atoms with Gasteiger partial charge in [0, 0.05) is 16.0 Å². The van der Waals surface area contributed by atoms with Gasteiger partial charge in [-0.25, -0.2) is 36.7 Å². The van der Waals surface area contributed by atoms with E-state index in [4.69, 9.17) is 33.4 Å². The highest BCUT2D eigenvalue weighted by Crippen LogP contribution is 2.29. The monoisotopic (exact) mass is 593 g/mol. The first-order valence-electron chi connectivity index (χ1n) is 11.5. The third-order valence-corrected chi connectivity index (χ3v) is 9.03. The largest absolute Gasteiger partial charge is 0.264 e. The van der Waals surface area contributed by atoms with Gasteiger partial charge in [-0.15, -0.1) is 0 Å². The second-order valence-corrected chi connectivity index (χ2v) is 13.2. The molecule has 9 nitrogen and oxygen atoms in total. The third-order valence-electron chi connectivity index (χ3n) is 5.91. The molecule has 0 saturated carbocycles.